The highest BCUT2D eigenvalue weighted by molar-refractivity contribution is 9.10. The Morgan fingerprint density at radius 1 is 1.00 bits per heavy atom. The first-order chi connectivity index (χ1) is 12.7. The number of hydrogen-bond donors (Lipinski definition) is 0. The van der Waals surface area contributed by atoms with Crippen LogP contribution in [0, 0.1) is 34.5 Å². The molecule has 2 heterocycles. The van der Waals surface area contributed by atoms with Gasteiger partial charge in [0, 0.05) is 15.7 Å². The number of rotatable bonds is 2. The molecule has 4 unspecified atom stereocenters. The minimum absolute atomic E-state index is 0.128. The van der Waals surface area contributed by atoms with E-state index in [-0.39, 0.29) is 11.8 Å². The predicted molar refractivity (Wildman–Crippen MR) is 102 cm³/mol. The Morgan fingerprint density at radius 2 is 1.69 bits per heavy atom. The van der Waals surface area contributed by atoms with Crippen LogP contribution in [0.15, 0.2) is 59.1 Å². The third kappa shape index (κ3) is 2.44. The summed E-state index contributed by atoms with van der Waals surface area (Å²) in [5.74, 6) is -1.36. The average Bonchev–Trinajstić information content (AvgIpc) is 3.01. The highest BCUT2D eigenvalue weighted by atomic mass is 79.9. The molecule has 0 saturated carbocycles. The summed E-state index contributed by atoms with van der Waals surface area (Å²) >= 11 is 3.37. The van der Waals surface area contributed by atoms with E-state index in [9.17, 15) is 15.3 Å². The first-order valence-electron chi connectivity index (χ1n) is 8.30. The van der Waals surface area contributed by atoms with Gasteiger partial charge < -0.3 is 4.90 Å². The fourth-order valence-electron chi connectivity index (χ4n) is 3.91. The third-order valence-corrected chi connectivity index (χ3v) is 5.63. The Kier molecular flexibility index (Phi) is 4.11. The van der Waals surface area contributed by atoms with Gasteiger partial charge in [-0.25, -0.2) is 0 Å². The number of hydrogen-bond acceptors (Lipinski definition) is 4. The number of nitrogens with zero attached hydrogens (tertiary/aromatic N) is 3. The van der Waals surface area contributed by atoms with Gasteiger partial charge in [0.25, 0.3) is 0 Å². The van der Waals surface area contributed by atoms with Gasteiger partial charge in [-0.1, -0.05) is 58.4 Å². The number of carbonyl (C=O) groups excluding carboxylic acids is 1. The molecule has 0 spiro atoms. The van der Waals surface area contributed by atoms with Gasteiger partial charge in [-0.3, -0.25) is 4.79 Å². The smallest absolute Gasteiger partial charge is 0.186 e. The molecular formula is C21H14BrN3O. The van der Waals surface area contributed by atoms with Crippen LogP contribution in [0.3, 0.4) is 0 Å². The number of ketones is 1. The number of para-hydroxylation sites is 1. The molecule has 4 rings (SSSR count). The van der Waals surface area contributed by atoms with Crippen LogP contribution in [0.4, 0.5) is 5.69 Å². The molecule has 0 radical (unpaired) electrons. The standard InChI is InChI=1S/C21H14BrN3O/c22-15-8-5-14(6-9-15)21(26)20-17(12-24)16(11-23)19-10-7-13-3-1-2-4-18(13)25(19)20/h1-10,16-17,19-20H. The Bertz CT molecular complexity index is 984. The van der Waals surface area contributed by atoms with Crippen molar-refractivity contribution >= 4 is 33.5 Å². The number of halogens is 1. The van der Waals surface area contributed by atoms with Crippen LogP contribution in [-0.2, 0) is 0 Å². The maximum atomic E-state index is 13.3. The summed E-state index contributed by atoms with van der Waals surface area (Å²) in [7, 11) is 0. The van der Waals surface area contributed by atoms with Gasteiger partial charge in [0.2, 0.25) is 0 Å². The van der Waals surface area contributed by atoms with Gasteiger partial charge in [-0.2, -0.15) is 10.5 Å². The van der Waals surface area contributed by atoms with Gasteiger partial charge in [0.1, 0.15) is 6.04 Å². The van der Waals surface area contributed by atoms with Crippen molar-refractivity contribution in [2.45, 2.75) is 12.1 Å². The van der Waals surface area contributed by atoms with Crippen LogP contribution in [0.25, 0.3) is 6.08 Å². The molecule has 4 nitrogen and oxygen atoms in total. The Hall–Kier alpha value is -2.89. The maximum Gasteiger partial charge on any atom is 0.186 e. The number of anilines is 1. The van der Waals surface area contributed by atoms with E-state index in [1.807, 2.05) is 53.5 Å². The number of benzene rings is 2. The third-order valence-electron chi connectivity index (χ3n) is 5.10. The van der Waals surface area contributed by atoms with Crippen molar-refractivity contribution in [1.29, 1.82) is 10.5 Å². The van der Waals surface area contributed by atoms with Crippen molar-refractivity contribution < 1.29 is 4.79 Å². The average molecular weight is 404 g/mol. The van der Waals surface area contributed by atoms with Crippen LogP contribution >= 0.6 is 15.9 Å². The van der Waals surface area contributed by atoms with E-state index in [0.29, 0.717) is 5.56 Å². The zero-order valence-corrected chi connectivity index (χ0v) is 15.3. The molecule has 0 aromatic heterocycles. The van der Waals surface area contributed by atoms with Crippen LogP contribution in [0.2, 0.25) is 0 Å². The summed E-state index contributed by atoms with van der Waals surface area (Å²) in [6, 6.07) is 18.5. The zero-order valence-electron chi connectivity index (χ0n) is 13.7. The van der Waals surface area contributed by atoms with Gasteiger partial charge in [0.15, 0.2) is 5.78 Å². The zero-order chi connectivity index (χ0) is 18.3. The van der Waals surface area contributed by atoms with E-state index in [1.54, 1.807) is 12.1 Å². The summed E-state index contributed by atoms with van der Waals surface area (Å²) in [6.45, 7) is 0. The molecule has 0 N–H and O–H groups in total. The van der Waals surface area contributed by atoms with E-state index in [1.165, 1.54) is 0 Å². The number of Topliss-reactive ketones (excluding diaryl/α,β-unsaturated/α-hetero) is 1. The van der Waals surface area contributed by atoms with E-state index in [0.717, 1.165) is 15.7 Å². The molecule has 2 aliphatic heterocycles. The minimum atomic E-state index is -0.683. The molecule has 4 atom stereocenters. The second-order valence-corrected chi connectivity index (χ2v) is 7.36. The van der Waals surface area contributed by atoms with Gasteiger partial charge in [0.05, 0.1) is 30.0 Å². The van der Waals surface area contributed by atoms with Crippen molar-refractivity contribution in [3.8, 4) is 12.1 Å². The van der Waals surface area contributed by atoms with E-state index in [2.05, 4.69) is 28.1 Å². The predicted octanol–water partition coefficient (Wildman–Crippen LogP) is 4.20. The second-order valence-electron chi connectivity index (χ2n) is 6.44. The summed E-state index contributed by atoms with van der Waals surface area (Å²) in [4.78, 5) is 15.3. The lowest BCUT2D eigenvalue weighted by Gasteiger charge is -2.34. The molecule has 0 amide bonds. The topological polar surface area (TPSA) is 67.9 Å². The summed E-state index contributed by atoms with van der Waals surface area (Å²) < 4.78 is 0.885. The molecular weight excluding hydrogens is 390 g/mol. The molecule has 126 valence electrons. The van der Waals surface area contributed by atoms with Crippen molar-refractivity contribution in [2.24, 2.45) is 11.8 Å². The van der Waals surface area contributed by atoms with Gasteiger partial charge in [-0.05, 0) is 23.8 Å². The highest BCUT2D eigenvalue weighted by Crippen LogP contribution is 2.44. The Labute approximate surface area is 160 Å². The van der Waals surface area contributed by atoms with Crippen molar-refractivity contribution in [3.63, 3.8) is 0 Å². The quantitative estimate of drug-likeness (QED) is 0.704. The maximum absolute atomic E-state index is 13.3. The fraction of sp³-hybridized carbons (Fsp3) is 0.190. The molecule has 2 aromatic rings. The molecule has 1 fully saturated rings. The van der Waals surface area contributed by atoms with Gasteiger partial charge >= 0.3 is 0 Å². The Morgan fingerprint density at radius 3 is 2.38 bits per heavy atom. The van der Waals surface area contributed by atoms with Crippen molar-refractivity contribution in [3.05, 3.63) is 70.2 Å². The van der Waals surface area contributed by atoms with Crippen molar-refractivity contribution in [2.75, 3.05) is 4.90 Å². The number of nitriles is 2. The molecule has 26 heavy (non-hydrogen) atoms. The Balaban J connectivity index is 1.85. The van der Waals surface area contributed by atoms with Crippen LogP contribution < -0.4 is 4.90 Å². The number of carbonyl (C=O) groups is 1. The fourth-order valence-corrected chi connectivity index (χ4v) is 4.18. The van der Waals surface area contributed by atoms with Crippen LogP contribution in [0.1, 0.15) is 15.9 Å². The molecule has 1 saturated heterocycles. The lowest BCUT2D eigenvalue weighted by molar-refractivity contribution is 0.0949. The normalized spacial score (nSPS) is 25.7. The SMILES string of the molecule is N#CC1C(C#N)C(C(=O)c2ccc(Br)cc2)N2c3ccccc3C=CC12. The molecule has 2 aromatic carbocycles. The van der Waals surface area contributed by atoms with Gasteiger partial charge in [-0.15, -0.1) is 0 Å². The molecule has 5 heteroatoms. The van der Waals surface area contributed by atoms with Crippen LogP contribution in [0.5, 0.6) is 0 Å². The van der Waals surface area contributed by atoms with E-state index < -0.39 is 17.9 Å². The molecule has 0 aliphatic carbocycles. The summed E-state index contributed by atoms with van der Waals surface area (Å²) in [5, 5.41) is 19.4. The molecule has 2 aliphatic rings. The second kappa shape index (κ2) is 6.44. The minimum Gasteiger partial charge on any atom is -0.351 e. The first-order valence-corrected chi connectivity index (χ1v) is 9.09. The lowest BCUT2D eigenvalue weighted by atomic mass is 9.86. The van der Waals surface area contributed by atoms with E-state index >= 15 is 0 Å². The molecule has 0 bridgehead atoms. The lowest BCUT2D eigenvalue weighted by Crippen LogP contribution is -2.43. The monoisotopic (exact) mass is 403 g/mol. The largest absolute Gasteiger partial charge is 0.351 e. The first kappa shape index (κ1) is 16.6. The summed E-state index contributed by atoms with van der Waals surface area (Å²) in [6.07, 6.45) is 3.91. The highest BCUT2D eigenvalue weighted by Gasteiger charge is 2.53. The van der Waals surface area contributed by atoms with E-state index in [4.69, 9.17) is 0 Å². The summed E-state index contributed by atoms with van der Waals surface area (Å²) in [5.41, 5.74) is 2.43. The van der Waals surface area contributed by atoms with Crippen molar-refractivity contribution in [1.82, 2.24) is 0 Å². The van der Waals surface area contributed by atoms with Crippen LogP contribution in [-0.4, -0.2) is 17.9 Å². The number of fused-ring (bicyclic) bond motifs is 3.